The average Bonchev–Trinajstić information content (AvgIpc) is 2.41. The molecule has 2 N–H and O–H groups in total. The smallest absolute Gasteiger partial charge is 0.507 e. The van der Waals surface area contributed by atoms with Crippen LogP contribution in [0.3, 0.4) is 0 Å². The first-order chi connectivity index (χ1) is 9.88. The van der Waals surface area contributed by atoms with E-state index in [1.807, 2.05) is 38.1 Å². The number of alkyl halides is 3. The minimum atomic E-state index is -5.84. The van der Waals surface area contributed by atoms with Gasteiger partial charge in [0.15, 0.2) is 0 Å². The lowest BCUT2D eigenvalue weighted by molar-refractivity contribution is -0.0510. The number of fused-ring (bicyclic) bond motifs is 1. The van der Waals surface area contributed by atoms with Crippen molar-refractivity contribution in [1.29, 1.82) is 0 Å². The van der Waals surface area contributed by atoms with E-state index in [0.717, 1.165) is 26.8 Å². The molecule has 4 nitrogen and oxygen atoms in total. The molecule has 0 atom stereocenters. The highest BCUT2D eigenvalue weighted by Crippen LogP contribution is 2.36. The third-order valence-corrected chi connectivity index (χ3v) is 4.16. The molecular weight excluding hydrogens is 341 g/mol. The molecule has 0 saturated heterocycles. The monoisotopic (exact) mass is 354 g/mol. The second-order valence-corrected chi connectivity index (χ2v) is 6.27. The number of phenolic OH excluding ortho intramolecular Hbond substituents is 1. The summed E-state index contributed by atoms with van der Waals surface area (Å²) >= 11 is 4.47. The van der Waals surface area contributed by atoms with Crippen LogP contribution < -0.4 is 0 Å². The van der Waals surface area contributed by atoms with Crippen molar-refractivity contribution in [3.8, 4) is 5.75 Å². The summed E-state index contributed by atoms with van der Waals surface area (Å²) in [4.78, 5) is 0.955. The van der Waals surface area contributed by atoms with Crippen LogP contribution in [-0.4, -0.2) is 23.6 Å². The SMILES string of the molecule is Cc1c(C)c(S)c2ccccc2c1O.O=S(=O)(O)C(F)(F)F. The van der Waals surface area contributed by atoms with Crippen molar-refractivity contribution in [2.24, 2.45) is 0 Å². The maximum Gasteiger partial charge on any atom is 0.522 e. The summed E-state index contributed by atoms with van der Waals surface area (Å²) in [7, 11) is -5.84. The Kier molecular flexibility index (Phi) is 5.37. The number of hydrogen-bond donors (Lipinski definition) is 3. The number of benzene rings is 2. The quantitative estimate of drug-likeness (QED) is 0.382. The van der Waals surface area contributed by atoms with Gasteiger partial charge in [-0.3, -0.25) is 4.55 Å². The van der Waals surface area contributed by atoms with Gasteiger partial charge in [0, 0.05) is 10.3 Å². The van der Waals surface area contributed by atoms with E-state index >= 15 is 0 Å². The van der Waals surface area contributed by atoms with E-state index in [-0.39, 0.29) is 0 Å². The fourth-order valence-corrected chi connectivity index (χ4v) is 2.02. The number of thiol groups is 1. The Morgan fingerprint density at radius 2 is 1.45 bits per heavy atom. The second kappa shape index (κ2) is 6.35. The Labute approximate surface area is 130 Å². The Balaban J connectivity index is 0.000000261. The predicted molar refractivity (Wildman–Crippen MR) is 79.9 cm³/mol. The summed E-state index contributed by atoms with van der Waals surface area (Å²) in [5.74, 6) is 0.371. The third-order valence-electron chi connectivity index (χ3n) is 3.00. The molecule has 0 amide bonds. The lowest BCUT2D eigenvalue weighted by Gasteiger charge is -2.11. The van der Waals surface area contributed by atoms with Gasteiger partial charge in [0.25, 0.3) is 0 Å². The van der Waals surface area contributed by atoms with Crippen LogP contribution >= 0.6 is 12.6 Å². The van der Waals surface area contributed by atoms with Crippen LogP contribution in [-0.2, 0) is 10.1 Å². The van der Waals surface area contributed by atoms with Gasteiger partial charge in [-0.1, -0.05) is 24.3 Å². The Morgan fingerprint density at radius 1 is 1.05 bits per heavy atom. The lowest BCUT2D eigenvalue weighted by atomic mass is 10.0. The van der Waals surface area contributed by atoms with Crippen LogP contribution in [0.15, 0.2) is 29.2 Å². The number of phenols is 1. The maximum absolute atomic E-state index is 10.7. The highest BCUT2D eigenvalue weighted by molar-refractivity contribution is 7.86. The van der Waals surface area contributed by atoms with E-state index < -0.39 is 15.6 Å². The number of aromatic hydroxyl groups is 1. The predicted octanol–water partition coefficient (Wildman–Crippen LogP) is 3.84. The molecule has 0 unspecified atom stereocenters. The summed E-state index contributed by atoms with van der Waals surface area (Å²) in [6.45, 7) is 3.89. The molecule has 0 aliphatic rings. The zero-order valence-electron chi connectivity index (χ0n) is 11.5. The van der Waals surface area contributed by atoms with Crippen molar-refractivity contribution in [3.63, 3.8) is 0 Å². The Morgan fingerprint density at radius 3 is 1.86 bits per heavy atom. The van der Waals surface area contributed by atoms with E-state index in [4.69, 9.17) is 13.0 Å². The van der Waals surface area contributed by atoms with Crippen LogP contribution in [0, 0.1) is 13.8 Å². The van der Waals surface area contributed by atoms with Gasteiger partial charge < -0.3 is 5.11 Å². The van der Waals surface area contributed by atoms with Crippen molar-refractivity contribution in [2.75, 3.05) is 0 Å². The third kappa shape index (κ3) is 3.84. The average molecular weight is 354 g/mol. The molecule has 122 valence electrons. The largest absolute Gasteiger partial charge is 0.522 e. The van der Waals surface area contributed by atoms with Gasteiger partial charge in [0.2, 0.25) is 0 Å². The normalized spacial score (nSPS) is 12.0. The summed E-state index contributed by atoms with van der Waals surface area (Å²) in [6, 6.07) is 7.76. The van der Waals surface area contributed by atoms with Gasteiger partial charge in [-0.25, -0.2) is 0 Å². The van der Waals surface area contributed by atoms with Crippen LogP contribution in [0.2, 0.25) is 0 Å². The molecule has 0 fully saturated rings. The summed E-state index contributed by atoms with van der Waals surface area (Å²) in [5.41, 5.74) is -3.58. The maximum atomic E-state index is 10.7. The molecule has 0 aliphatic carbocycles. The van der Waals surface area contributed by atoms with Crippen molar-refractivity contribution in [3.05, 3.63) is 35.4 Å². The fourth-order valence-electron chi connectivity index (χ4n) is 1.66. The molecule has 0 heterocycles. The van der Waals surface area contributed by atoms with Crippen LogP contribution in [0.1, 0.15) is 11.1 Å². The van der Waals surface area contributed by atoms with Gasteiger partial charge in [0.1, 0.15) is 5.75 Å². The van der Waals surface area contributed by atoms with E-state index in [9.17, 15) is 18.3 Å². The molecule has 0 aromatic heterocycles. The molecule has 9 heteroatoms. The summed E-state index contributed by atoms with van der Waals surface area (Å²) in [5, 5.41) is 11.8. The van der Waals surface area contributed by atoms with Crippen LogP contribution in [0.5, 0.6) is 5.75 Å². The van der Waals surface area contributed by atoms with Crippen LogP contribution in [0.25, 0.3) is 10.8 Å². The van der Waals surface area contributed by atoms with Gasteiger partial charge in [0.05, 0.1) is 0 Å². The van der Waals surface area contributed by atoms with E-state index in [1.54, 1.807) is 0 Å². The molecule has 2 aromatic carbocycles. The van der Waals surface area contributed by atoms with Crippen LogP contribution in [0.4, 0.5) is 13.2 Å². The number of rotatable bonds is 0. The van der Waals surface area contributed by atoms with Crippen molar-refractivity contribution in [2.45, 2.75) is 24.3 Å². The summed E-state index contributed by atoms with van der Waals surface area (Å²) in [6.07, 6.45) is 0. The van der Waals surface area contributed by atoms with Crippen molar-refractivity contribution >= 4 is 33.5 Å². The minimum Gasteiger partial charge on any atom is -0.507 e. The van der Waals surface area contributed by atoms with Gasteiger partial charge in [-0.05, 0) is 30.4 Å². The molecule has 0 bridgehead atoms. The van der Waals surface area contributed by atoms with E-state index in [2.05, 4.69) is 12.6 Å². The summed E-state index contributed by atoms with van der Waals surface area (Å²) < 4.78 is 57.5. The molecule has 0 saturated carbocycles. The topological polar surface area (TPSA) is 74.6 Å². The van der Waals surface area contributed by atoms with Crippen molar-refractivity contribution in [1.82, 2.24) is 0 Å². The highest BCUT2D eigenvalue weighted by Gasteiger charge is 2.44. The first-order valence-electron chi connectivity index (χ1n) is 5.81. The standard InChI is InChI=1S/C12H12OS.CHF3O3S/c1-7-8(2)12(14)10-6-4-3-5-9(10)11(7)13;2-1(3,4)8(5,6)7/h3-6,13-14H,1-2H3;(H,5,6,7). The first kappa shape index (κ1) is 18.6. The second-order valence-electron chi connectivity index (χ2n) is 4.41. The lowest BCUT2D eigenvalue weighted by Crippen LogP contribution is -2.21. The molecular formula is C13H13F3O4S2. The van der Waals surface area contributed by atoms with E-state index in [0.29, 0.717) is 5.75 Å². The molecule has 2 rings (SSSR count). The number of hydrogen-bond acceptors (Lipinski definition) is 4. The molecule has 2 aromatic rings. The zero-order chi connectivity index (χ0) is 17.3. The van der Waals surface area contributed by atoms with Gasteiger partial charge in [-0.15, -0.1) is 12.6 Å². The van der Waals surface area contributed by atoms with Crippen molar-refractivity contribution < 1.29 is 31.2 Å². The van der Waals surface area contributed by atoms with Gasteiger partial charge >= 0.3 is 15.6 Å². The Hall–Kier alpha value is -1.45. The highest BCUT2D eigenvalue weighted by atomic mass is 32.2. The Bertz CT molecular complexity index is 753. The molecule has 0 radical (unpaired) electrons. The van der Waals surface area contributed by atoms with E-state index in [1.165, 1.54) is 0 Å². The molecule has 22 heavy (non-hydrogen) atoms. The first-order valence-corrected chi connectivity index (χ1v) is 7.70. The molecule has 0 aliphatic heterocycles. The zero-order valence-corrected chi connectivity index (χ0v) is 13.2. The minimum absolute atomic E-state index is 0.371. The van der Waals surface area contributed by atoms with Gasteiger partial charge in [-0.2, -0.15) is 21.6 Å². The number of halogens is 3. The molecule has 0 spiro atoms. The fraction of sp³-hybridized carbons (Fsp3) is 0.231.